The fourth-order valence-corrected chi connectivity index (χ4v) is 4.43. The third-order valence-corrected chi connectivity index (χ3v) is 6.43. The highest BCUT2D eigenvalue weighted by atomic mass is 16.6. The van der Waals surface area contributed by atoms with Crippen LogP contribution in [0.4, 0.5) is 17.1 Å². The number of nitrogens with zero attached hydrogens (tertiary/aromatic N) is 3. The minimum atomic E-state index is -0.504. The molecule has 2 saturated heterocycles. The highest BCUT2D eigenvalue weighted by molar-refractivity contribution is 6.06. The molecule has 0 atom stereocenters. The molecule has 10 heteroatoms. The van der Waals surface area contributed by atoms with Crippen molar-refractivity contribution >= 4 is 28.9 Å². The lowest BCUT2D eigenvalue weighted by Crippen LogP contribution is -2.41. The minimum Gasteiger partial charge on any atom is -0.379 e. The Bertz CT molecular complexity index is 1090. The molecule has 2 N–H and O–H groups in total. The van der Waals surface area contributed by atoms with Crippen LogP contribution in [-0.4, -0.2) is 74.1 Å². The molecular formula is C25H31N5O5. The second kappa shape index (κ2) is 11.3. The molecule has 2 aromatic carbocycles. The first kappa shape index (κ1) is 24.6. The van der Waals surface area contributed by atoms with Gasteiger partial charge in [-0.15, -0.1) is 0 Å². The summed E-state index contributed by atoms with van der Waals surface area (Å²) in [5.41, 5.74) is 2.36. The highest BCUT2D eigenvalue weighted by Crippen LogP contribution is 2.28. The Hall–Kier alpha value is -3.50. The van der Waals surface area contributed by atoms with Crippen LogP contribution in [0.2, 0.25) is 0 Å². The van der Waals surface area contributed by atoms with Gasteiger partial charge in [-0.05, 0) is 44.0 Å². The van der Waals surface area contributed by atoms with Crippen molar-refractivity contribution in [3.05, 3.63) is 63.2 Å². The quantitative estimate of drug-likeness (QED) is 0.440. The van der Waals surface area contributed by atoms with Gasteiger partial charge in [-0.25, -0.2) is 0 Å². The Balaban J connectivity index is 1.49. The Morgan fingerprint density at radius 3 is 2.49 bits per heavy atom. The third kappa shape index (κ3) is 6.14. The molecule has 2 aromatic rings. The summed E-state index contributed by atoms with van der Waals surface area (Å²) in [6, 6.07) is 9.67. The number of hydrogen-bond acceptors (Lipinski definition) is 7. The van der Waals surface area contributed by atoms with Crippen LogP contribution >= 0.6 is 0 Å². The number of benzene rings is 2. The van der Waals surface area contributed by atoms with Crippen molar-refractivity contribution < 1.29 is 19.2 Å². The number of aryl methyl sites for hydroxylation is 1. The summed E-state index contributed by atoms with van der Waals surface area (Å²) in [5, 5.41) is 17.0. The van der Waals surface area contributed by atoms with Crippen LogP contribution in [0.3, 0.4) is 0 Å². The molecule has 0 aliphatic carbocycles. The third-order valence-electron chi connectivity index (χ3n) is 6.43. The maximum Gasteiger partial charge on any atom is 0.273 e. The number of morpholine rings is 1. The van der Waals surface area contributed by atoms with Crippen molar-refractivity contribution in [3.8, 4) is 0 Å². The SMILES string of the molecule is Cc1ccc(C(=O)Nc2ccc(N3CCCC3)c(C(=O)NCCN3CCOCC3)c2)cc1[N+](=O)[O-]. The zero-order chi connectivity index (χ0) is 24.8. The van der Waals surface area contributed by atoms with Crippen molar-refractivity contribution in [2.45, 2.75) is 19.8 Å². The summed E-state index contributed by atoms with van der Waals surface area (Å²) in [7, 11) is 0. The number of rotatable bonds is 8. The fraction of sp³-hybridized carbons (Fsp3) is 0.440. The van der Waals surface area contributed by atoms with Gasteiger partial charge < -0.3 is 20.3 Å². The largest absolute Gasteiger partial charge is 0.379 e. The average Bonchev–Trinajstić information content (AvgIpc) is 3.39. The second-order valence-electron chi connectivity index (χ2n) is 8.85. The Kier molecular flexibility index (Phi) is 7.94. The molecule has 4 rings (SSSR count). The number of carbonyl (C=O) groups excluding carboxylic acids is 2. The maximum absolute atomic E-state index is 13.2. The smallest absolute Gasteiger partial charge is 0.273 e. The van der Waals surface area contributed by atoms with Crippen LogP contribution in [0.1, 0.15) is 39.1 Å². The summed E-state index contributed by atoms with van der Waals surface area (Å²) in [6.45, 7) is 7.78. The van der Waals surface area contributed by atoms with Gasteiger partial charge in [-0.3, -0.25) is 24.6 Å². The Morgan fingerprint density at radius 2 is 1.77 bits per heavy atom. The van der Waals surface area contributed by atoms with E-state index >= 15 is 0 Å². The van der Waals surface area contributed by atoms with E-state index in [0.29, 0.717) is 36.6 Å². The molecule has 0 aromatic heterocycles. The van der Waals surface area contributed by atoms with Gasteiger partial charge in [0.1, 0.15) is 0 Å². The van der Waals surface area contributed by atoms with E-state index in [-0.39, 0.29) is 17.2 Å². The first-order chi connectivity index (χ1) is 16.9. The van der Waals surface area contributed by atoms with Gasteiger partial charge in [0.2, 0.25) is 0 Å². The van der Waals surface area contributed by atoms with Crippen molar-refractivity contribution in [3.63, 3.8) is 0 Å². The molecule has 2 aliphatic heterocycles. The van der Waals surface area contributed by atoms with Crippen LogP contribution in [-0.2, 0) is 4.74 Å². The van der Waals surface area contributed by atoms with E-state index in [1.54, 1.807) is 31.2 Å². The molecule has 0 radical (unpaired) electrons. The number of hydrogen-bond donors (Lipinski definition) is 2. The summed E-state index contributed by atoms with van der Waals surface area (Å²) < 4.78 is 5.37. The standard InChI is InChI=1S/C25H31N5O5/c1-18-4-5-19(16-23(18)30(33)34)24(31)27-20-6-7-22(29-9-2-3-10-29)21(17-20)25(32)26-8-11-28-12-14-35-15-13-28/h4-7,16-17H,2-3,8-15H2,1H3,(H,26,32)(H,27,31). The van der Waals surface area contributed by atoms with E-state index in [1.807, 2.05) is 6.07 Å². The lowest BCUT2D eigenvalue weighted by atomic mass is 10.1. The maximum atomic E-state index is 13.2. The van der Waals surface area contributed by atoms with Crippen LogP contribution < -0.4 is 15.5 Å². The van der Waals surface area contributed by atoms with Crippen LogP contribution in [0, 0.1) is 17.0 Å². The normalized spacial score (nSPS) is 16.2. The van der Waals surface area contributed by atoms with E-state index < -0.39 is 10.8 Å². The van der Waals surface area contributed by atoms with Gasteiger partial charge >= 0.3 is 0 Å². The van der Waals surface area contributed by atoms with Gasteiger partial charge in [0.25, 0.3) is 17.5 Å². The number of anilines is 2. The van der Waals surface area contributed by atoms with E-state index in [2.05, 4.69) is 20.4 Å². The van der Waals surface area contributed by atoms with Crippen molar-refractivity contribution in [1.29, 1.82) is 0 Å². The molecule has 2 amide bonds. The van der Waals surface area contributed by atoms with E-state index in [1.165, 1.54) is 6.07 Å². The van der Waals surface area contributed by atoms with Crippen LogP contribution in [0.15, 0.2) is 36.4 Å². The van der Waals surface area contributed by atoms with Crippen LogP contribution in [0.25, 0.3) is 0 Å². The van der Waals surface area contributed by atoms with E-state index in [4.69, 9.17) is 4.74 Å². The first-order valence-corrected chi connectivity index (χ1v) is 12.0. The molecule has 0 bridgehead atoms. The van der Waals surface area contributed by atoms with Gasteiger partial charge in [0.05, 0.1) is 23.7 Å². The topological polar surface area (TPSA) is 117 Å². The minimum absolute atomic E-state index is 0.109. The van der Waals surface area contributed by atoms with E-state index in [9.17, 15) is 19.7 Å². The highest BCUT2D eigenvalue weighted by Gasteiger charge is 2.21. The lowest BCUT2D eigenvalue weighted by Gasteiger charge is -2.26. The molecular weight excluding hydrogens is 450 g/mol. The van der Waals surface area contributed by atoms with E-state index in [0.717, 1.165) is 51.3 Å². The van der Waals surface area contributed by atoms with Crippen molar-refractivity contribution in [2.75, 3.05) is 62.7 Å². The first-order valence-electron chi connectivity index (χ1n) is 12.0. The fourth-order valence-electron chi connectivity index (χ4n) is 4.43. The number of nitrogens with one attached hydrogen (secondary N) is 2. The molecule has 0 spiro atoms. The monoisotopic (exact) mass is 481 g/mol. The zero-order valence-electron chi connectivity index (χ0n) is 19.9. The molecule has 0 unspecified atom stereocenters. The number of nitro groups is 1. The summed E-state index contributed by atoms with van der Waals surface area (Å²) in [6.07, 6.45) is 2.14. The van der Waals surface area contributed by atoms with Crippen LogP contribution in [0.5, 0.6) is 0 Å². The molecule has 2 fully saturated rings. The summed E-state index contributed by atoms with van der Waals surface area (Å²) in [4.78, 5) is 41.1. The molecule has 2 heterocycles. The van der Waals surface area contributed by atoms with Crippen molar-refractivity contribution in [1.82, 2.24) is 10.2 Å². The predicted molar refractivity (Wildman–Crippen MR) is 133 cm³/mol. The number of ether oxygens (including phenoxy) is 1. The average molecular weight is 482 g/mol. The Morgan fingerprint density at radius 1 is 1.03 bits per heavy atom. The van der Waals surface area contributed by atoms with Gasteiger partial charge in [0, 0.05) is 67.8 Å². The lowest BCUT2D eigenvalue weighted by molar-refractivity contribution is -0.385. The van der Waals surface area contributed by atoms with Gasteiger partial charge in [-0.2, -0.15) is 0 Å². The number of nitro benzene ring substituents is 1. The zero-order valence-corrected chi connectivity index (χ0v) is 19.9. The molecule has 10 nitrogen and oxygen atoms in total. The number of carbonyl (C=O) groups is 2. The number of amides is 2. The molecule has 186 valence electrons. The predicted octanol–water partition coefficient (Wildman–Crippen LogP) is 2.82. The summed E-state index contributed by atoms with van der Waals surface area (Å²) >= 11 is 0. The summed E-state index contributed by atoms with van der Waals surface area (Å²) in [5.74, 6) is -0.664. The van der Waals surface area contributed by atoms with Gasteiger partial charge in [-0.1, -0.05) is 6.07 Å². The molecule has 35 heavy (non-hydrogen) atoms. The van der Waals surface area contributed by atoms with Gasteiger partial charge in [0.15, 0.2) is 0 Å². The Labute approximate surface area is 204 Å². The van der Waals surface area contributed by atoms with Crippen molar-refractivity contribution in [2.24, 2.45) is 0 Å². The molecule has 2 aliphatic rings. The molecule has 0 saturated carbocycles. The second-order valence-corrected chi connectivity index (χ2v) is 8.85.